The summed E-state index contributed by atoms with van der Waals surface area (Å²) in [5.41, 5.74) is 0.227. The molecule has 0 fully saturated rings. The second-order valence-corrected chi connectivity index (χ2v) is 3.94. The van der Waals surface area contributed by atoms with E-state index in [1.165, 1.54) is 12.3 Å². The van der Waals surface area contributed by atoms with E-state index < -0.39 is 10.8 Å². The summed E-state index contributed by atoms with van der Waals surface area (Å²) in [6, 6.07) is 4.90. The summed E-state index contributed by atoms with van der Waals surface area (Å²) in [4.78, 5) is 29.0. The van der Waals surface area contributed by atoms with Gasteiger partial charge < -0.3 is 0 Å². The Morgan fingerprint density at radius 1 is 1.41 bits per heavy atom. The van der Waals surface area contributed by atoms with Crippen molar-refractivity contribution in [1.82, 2.24) is 9.97 Å². The standard InChI is InChI=1S/C9H6N4O3S/c14-8(6-3-1-2-4-10-6)12-9-11-5-7(17-9)13(15)16/h1-5H,(H,11,12,14). The monoisotopic (exact) mass is 250 g/mol. The average molecular weight is 250 g/mol. The number of nitrogens with one attached hydrogen (secondary N) is 1. The molecule has 0 spiro atoms. The first kappa shape index (κ1) is 11.1. The van der Waals surface area contributed by atoms with Gasteiger partial charge in [0.25, 0.3) is 5.91 Å². The minimum absolute atomic E-state index is 0.124. The molecular weight excluding hydrogens is 244 g/mol. The molecule has 0 atom stereocenters. The smallest absolute Gasteiger partial charge is 0.296 e. The summed E-state index contributed by atoms with van der Waals surface area (Å²) in [6.45, 7) is 0. The third-order valence-electron chi connectivity index (χ3n) is 1.79. The Bertz CT molecular complexity index is 554. The van der Waals surface area contributed by atoms with E-state index in [1.54, 1.807) is 12.1 Å². The Kier molecular flexibility index (Phi) is 3.06. The van der Waals surface area contributed by atoms with Crippen molar-refractivity contribution < 1.29 is 9.72 Å². The largest absolute Gasteiger partial charge is 0.345 e. The minimum atomic E-state index is -0.561. The molecule has 1 N–H and O–H groups in total. The number of carbonyl (C=O) groups excluding carboxylic acids is 1. The molecule has 0 aliphatic rings. The molecule has 0 radical (unpaired) electrons. The van der Waals surface area contributed by atoms with Crippen molar-refractivity contribution in [2.75, 3.05) is 5.32 Å². The Morgan fingerprint density at radius 3 is 2.82 bits per heavy atom. The summed E-state index contributed by atoms with van der Waals surface area (Å²) < 4.78 is 0. The number of pyridine rings is 1. The van der Waals surface area contributed by atoms with Crippen LogP contribution in [-0.2, 0) is 0 Å². The van der Waals surface area contributed by atoms with Gasteiger partial charge in [-0.25, -0.2) is 4.98 Å². The van der Waals surface area contributed by atoms with Crippen LogP contribution >= 0.6 is 11.3 Å². The fourth-order valence-corrected chi connectivity index (χ4v) is 1.69. The van der Waals surface area contributed by atoms with Gasteiger partial charge in [0.05, 0.1) is 4.92 Å². The second kappa shape index (κ2) is 4.66. The quantitative estimate of drug-likeness (QED) is 0.660. The van der Waals surface area contributed by atoms with Gasteiger partial charge in [-0.1, -0.05) is 6.07 Å². The molecule has 0 aromatic carbocycles. The highest BCUT2D eigenvalue weighted by Gasteiger charge is 2.14. The van der Waals surface area contributed by atoms with Crippen molar-refractivity contribution in [2.45, 2.75) is 0 Å². The molecule has 2 aromatic rings. The summed E-state index contributed by atoms with van der Waals surface area (Å²) >= 11 is 0.794. The van der Waals surface area contributed by atoms with Gasteiger partial charge in [-0.05, 0) is 23.5 Å². The fourth-order valence-electron chi connectivity index (χ4n) is 1.07. The number of amides is 1. The van der Waals surface area contributed by atoms with Crippen LogP contribution < -0.4 is 5.32 Å². The second-order valence-electron chi connectivity index (χ2n) is 2.93. The molecule has 2 rings (SSSR count). The van der Waals surface area contributed by atoms with Crippen molar-refractivity contribution in [2.24, 2.45) is 0 Å². The third kappa shape index (κ3) is 2.61. The van der Waals surface area contributed by atoms with Gasteiger partial charge in [-0.3, -0.25) is 25.2 Å². The maximum atomic E-state index is 11.6. The molecule has 17 heavy (non-hydrogen) atoms. The lowest BCUT2D eigenvalue weighted by Crippen LogP contribution is -2.12. The number of nitrogens with zero attached hydrogens (tertiary/aromatic N) is 3. The Morgan fingerprint density at radius 2 is 2.24 bits per heavy atom. The molecule has 2 aromatic heterocycles. The number of hydrogen-bond donors (Lipinski definition) is 1. The lowest BCUT2D eigenvalue weighted by atomic mass is 10.3. The number of hydrogen-bond acceptors (Lipinski definition) is 6. The molecular formula is C9H6N4O3S. The van der Waals surface area contributed by atoms with Crippen LogP contribution in [-0.4, -0.2) is 20.8 Å². The summed E-state index contributed by atoms with van der Waals surface area (Å²) in [6.07, 6.45) is 2.58. The average Bonchev–Trinajstić information content (AvgIpc) is 2.79. The van der Waals surface area contributed by atoms with E-state index in [0.29, 0.717) is 0 Å². The zero-order chi connectivity index (χ0) is 12.3. The van der Waals surface area contributed by atoms with Crippen LogP contribution in [0.1, 0.15) is 10.5 Å². The normalized spacial score (nSPS) is 9.88. The number of rotatable bonds is 3. The first-order chi connectivity index (χ1) is 8.16. The third-order valence-corrected chi connectivity index (χ3v) is 2.66. The molecule has 0 unspecified atom stereocenters. The highest BCUT2D eigenvalue weighted by atomic mass is 32.1. The molecule has 0 bridgehead atoms. The molecule has 0 saturated carbocycles. The number of carbonyl (C=O) groups is 1. The predicted molar refractivity (Wildman–Crippen MR) is 61.0 cm³/mol. The summed E-state index contributed by atoms with van der Waals surface area (Å²) in [5, 5.41) is 12.9. The lowest BCUT2D eigenvalue weighted by molar-refractivity contribution is -0.380. The lowest BCUT2D eigenvalue weighted by Gasteiger charge is -1.98. The maximum absolute atomic E-state index is 11.6. The van der Waals surface area contributed by atoms with E-state index in [4.69, 9.17) is 0 Å². The molecule has 86 valence electrons. The van der Waals surface area contributed by atoms with Gasteiger partial charge in [-0.2, -0.15) is 0 Å². The van der Waals surface area contributed by atoms with Crippen molar-refractivity contribution >= 4 is 27.4 Å². The highest BCUT2D eigenvalue weighted by Crippen LogP contribution is 2.25. The zero-order valence-corrected chi connectivity index (χ0v) is 9.18. The van der Waals surface area contributed by atoms with Crippen LogP contribution in [0.2, 0.25) is 0 Å². The fraction of sp³-hybridized carbons (Fsp3) is 0. The molecule has 7 nitrogen and oxygen atoms in total. The van der Waals surface area contributed by atoms with E-state index in [-0.39, 0.29) is 15.8 Å². The van der Waals surface area contributed by atoms with Gasteiger partial charge in [0.2, 0.25) is 0 Å². The van der Waals surface area contributed by atoms with Crippen LogP contribution in [0, 0.1) is 10.1 Å². The van der Waals surface area contributed by atoms with E-state index in [1.807, 2.05) is 0 Å². The van der Waals surface area contributed by atoms with Crippen molar-refractivity contribution in [3.05, 3.63) is 46.4 Å². The van der Waals surface area contributed by atoms with Crippen molar-refractivity contribution in [3.63, 3.8) is 0 Å². The SMILES string of the molecule is O=C(Nc1ncc([N+](=O)[O-])s1)c1ccccn1. The Labute approximate surface area is 99.3 Å². The van der Waals surface area contributed by atoms with Gasteiger partial charge in [0.15, 0.2) is 5.13 Å². The first-order valence-corrected chi connectivity index (χ1v) is 5.31. The highest BCUT2D eigenvalue weighted by molar-refractivity contribution is 7.18. The van der Waals surface area contributed by atoms with E-state index >= 15 is 0 Å². The van der Waals surface area contributed by atoms with E-state index in [0.717, 1.165) is 17.5 Å². The number of aromatic nitrogens is 2. The summed E-state index contributed by atoms with van der Waals surface area (Å²) in [5.74, 6) is -0.449. The van der Waals surface area contributed by atoms with Gasteiger partial charge in [0.1, 0.15) is 11.9 Å². The van der Waals surface area contributed by atoms with Gasteiger partial charge in [0, 0.05) is 6.20 Å². The zero-order valence-electron chi connectivity index (χ0n) is 8.36. The molecule has 2 heterocycles. The summed E-state index contributed by atoms with van der Waals surface area (Å²) in [7, 11) is 0. The molecule has 1 amide bonds. The number of thiazole rings is 1. The maximum Gasteiger partial charge on any atom is 0.345 e. The van der Waals surface area contributed by atoms with Crippen LogP contribution in [0.4, 0.5) is 10.1 Å². The van der Waals surface area contributed by atoms with E-state index in [9.17, 15) is 14.9 Å². The van der Waals surface area contributed by atoms with Crippen LogP contribution in [0.25, 0.3) is 0 Å². The van der Waals surface area contributed by atoms with Gasteiger partial charge in [-0.15, -0.1) is 0 Å². The Balaban J connectivity index is 2.11. The molecule has 0 saturated heterocycles. The first-order valence-electron chi connectivity index (χ1n) is 4.49. The molecule has 0 aliphatic heterocycles. The molecule has 0 aliphatic carbocycles. The van der Waals surface area contributed by atoms with Crippen molar-refractivity contribution in [3.8, 4) is 0 Å². The van der Waals surface area contributed by atoms with Crippen molar-refractivity contribution in [1.29, 1.82) is 0 Å². The van der Waals surface area contributed by atoms with E-state index in [2.05, 4.69) is 15.3 Å². The van der Waals surface area contributed by atoms with Crippen LogP contribution in [0.15, 0.2) is 30.6 Å². The number of anilines is 1. The van der Waals surface area contributed by atoms with Crippen LogP contribution in [0.3, 0.4) is 0 Å². The topological polar surface area (TPSA) is 98.0 Å². The Hall–Kier alpha value is -2.35. The molecule has 8 heteroatoms. The van der Waals surface area contributed by atoms with Gasteiger partial charge >= 0.3 is 5.00 Å². The number of nitro groups is 1. The minimum Gasteiger partial charge on any atom is -0.296 e. The predicted octanol–water partition coefficient (Wildman–Crippen LogP) is 1.70. The van der Waals surface area contributed by atoms with Crippen LogP contribution in [0.5, 0.6) is 0 Å².